The third-order valence-corrected chi connectivity index (χ3v) is 5.62. The van der Waals surface area contributed by atoms with Gasteiger partial charge in [0.25, 0.3) is 5.91 Å². The number of hydrogen-bond donors (Lipinski definition) is 1. The molecule has 0 saturated carbocycles. The van der Waals surface area contributed by atoms with Gasteiger partial charge in [-0.3, -0.25) is 4.79 Å². The first-order valence-corrected chi connectivity index (χ1v) is 9.97. The fourth-order valence-electron chi connectivity index (χ4n) is 4.09. The van der Waals surface area contributed by atoms with Crippen molar-refractivity contribution < 1.29 is 9.90 Å². The van der Waals surface area contributed by atoms with E-state index in [4.69, 9.17) is 0 Å². The van der Waals surface area contributed by atoms with Gasteiger partial charge in [-0.25, -0.2) is 9.97 Å². The lowest BCUT2D eigenvalue weighted by Gasteiger charge is -2.41. The monoisotopic (exact) mass is 382 g/mol. The van der Waals surface area contributed by atoms with Gasteiger partial charge in [0.1, 0.15) is 0 Å². The summed E-state index contributed by atoms with van der Waals surface area (Å²) < 4.78 is 0. The molecule has 28 heavy (non-hydrogen) atoms. The molecule has 1 aromatic carbocycles. The van der Waals surface area contributed by atoms with Crippen LogP contribution in [0, 0.1) is 12.8 Å². The van der Waals surface area contributed by atoms with E-state index in [1.54, 1.807) is 6.20 Å². The minimum absolute atomic E-state index is 0.00307. The van der Waals surface area contributed by atoms with Crippen LogP contribution in [0.4, 0.5) is 0 Å². The SMILES string of the molecule is Cc1nc(-c2ccccc2)ncc1C(=O)N1CC[C@H](N(C)C)[C@H](CCCO)C1. The predicted octanol–water partition coefficient (Wildman–Crippen LogP) is 2.62. The third kappa shape index (κ3) is 4.56. The molecular weight excluding hydrogens is 352 g/mol. The molecule has 1 aliphatic rings. The zero-order valence-electron chi connectivity index (χ0n) is 17.0. The number of hydrogen-bond acceptors (Lipinski definition) is 5. The van der Waals surface area contributed by atoms with Gasteiger partial charge in [0.05, 0.1) is 11.3 Å². The summed E-state index contributed by atoms with van der Waals surface area (Å²) in [6.45, 7) is 3.51. The van der Waals surface area contributed by atoms with Gasteiger partial charge in [-0.05, 0) is 46.2 Å². The van der Waals surface area contributed by atoms with E-state index in [9.17, 15) is 9.90 Å². The van der Waals surface area contributed by atoms with Gasteiger partial charge >= 0.3 is 0 Å². The van der Waals surface area contributed by atoms with E-state index in [0.717, 1.165) is 31.4 Å². The quantitative estimate of drug-likeness (QED) is 0.832. The molecule has 1 aromatic heterocycles. The number of carbonyl (C=O) groups excluding carboxylic acids is 1. The Morgan fingerprint density at radius 2 is 2.04 bits per heavy atom. The zero-order chi connectivity index (χ0) is 20.1. The number of amides is 1. The highest BCUT2D eigenvalue weighted by atomic mass is 16.3. The molecule has 0 radical (unpaired) electrons. The first kappa shape index (κ1) is 20.4. The first-order valence-electron chi connectivity index (χ1n) is 9.97. The zero-order valence-corrected chi connectivity index (χ0v) is 17.0. The number of aromatic nitrogens is 2. The Hall–Kier alpha value is -2.31. The van der Waals surface area contributed by atoms with Crippen LogP contribution in [0.25, 0.3) is 11.4 Å². The average Bonchev–Trinajstić information content (AvgIpc) is 2.72. The topological polar surface area (TPSA) is 69.6 Å². The van der Waals surface area contributed by atoms with Crippen molar-refractivity contribution in [1.82, 2.24) is 19.8 Å². The van der Waals surface area contributed by atoms with Crippen LogP contribution in [0.15, 0.2) is 36.5 Å². The Labute approximate surface area is 167 Å². The standard InChI is InChI=1S/C22H30N4O2/c1-16-19(14-23-21(24-16)17-8-5-4-6-9-17)22(28)26-12-11-20(25(2)3)18(15-26)10-7-13-27/h4-6,8-9,14,18,20,27H,7,10-13,15H2,1-3H3/t18-,20+/m1/s1. The lowest BCUT2D eigenvalue weighted by Crippen LogP contribution is -2.50. The summed E-state index contributed by atoms with van der Waals surface area (Å²) >= 11 is 0. The van der Waals surface area contributed by atoms with Crippen molar-refractivity contribution in [2.45, 2.75) is 32.2 Å². The highest BCUT2D eigenvalue weighted by molar-refractivity contribution is 5.95. The largest absolute Gasteiger partial charge is 0.396 e. The normalized spacial score (nSPS) is 19.8. The van der Waals surface area contributed by atoms with Crippen LogP contribution >= 0.6 is 0 Å². The number of piperidine rings is 1. The number of aliphatic hydroxyl groups is 1. The second-order valence-electron chi connectivity index (χ2n) is 7.76. The molecule has 1 aliphatic heterocycles. The summed E-state index contributed by atoms with van der Waals surface area (Å²) in [4.78, 5) is 26.3. The fourth-order valence-corrected chi connectivity index (χ4v) is 4.09. The van der Waals surface area contributed by atoms with Crippen molar-refractivity contribution >= 4 is 5.91 Å². The number of benzene rings is 1. The van der Waals surface area contributed by atoms with E-state index in [2.05, 4.69) is 29.0 Å². The maximum Gasteiger partial charge on any atom is 0.257 e. The van der Waals surface area contributed by atoms with Crippen molar-refractivity contribution in [2.75, 3.05) is 33.8 Å². The smallest absolute Gasteiger partial charge is 0.257 e. The molecule has 1 amide bonds. The van der Waals surface area contributed by atoms with Crippen molar-refractivity contribution in [1.29, 1.82) is 0 Å². The molecule has 2 aromatic rings. The van der Waals surface area contributed by atoms with Crippen molar-refractivity contribution in [3.8, 4) is 11.4 Å². The van der Waals surface area contributed by atoms with E-state index >= 15 is 0 Å². The van der Waals surface area contributed by atoms with Gasteiger partial charge in [0.15, 0.2) is 5.82 Å². The fraction of sp³-hybridized carbons (Fsp3) is 0.500. The molecular formula is C22H30N4O2. The van der Waals surface area contributed by atoms with Crippen LogP contribution in [0.2, 0.25) is 0 Å². The molecule has 6 nitrogen and oxygen atoms in total. The molecule has 1 N–H and O–H groups in total. The first-order chi connectivity index (χ1) is 13.5. The highest BCUT2D eigenvalue weighted by Crippen LogP contribution is 2.26. The average molecular weight is 383 g/mol. The molecule has 0 spiro atoms. The molecule has 0 unspecified atom stereocenters. The van der Waals surface area contributed by atoms with Crippen molar-refractivity contribution in [3.63, 3.8) is 0 Å². The molecule has 1 fully saturated rings. The highest BCUT2D eigenvalue weighted by Gasteiger charge is 2.33. The molecule has 0 bridgehead atoms. The minimum atomic E-state index is 0.00307. The third-order valence-electron chi connectivity index (χ3n) is 5.62. The van der Waals surface area contributed by atoms with Gasteiger partial charge in [0.2, 0.25) is 0 Å². The minimum Gasteiger partial charge on any atom is -0.396 e. The maximum atomic E-state index is 13.1. The van der Waals surface area contributed by atoms with Crippen molar-refractivity contribution in [2.24, 2.45) is 5.92 Å². The van der Waals surface area contributed by atoms with Gasteiger partial charge in [-0.15, -0.1) is 0 Å². The molecule has 3 rings (SSSR count). The Morgan fingerprint density at radius 1 is 1.29 bits per heavy atom. The van der Waals surface area contributed by atoms with Gasteiger partial charge in [-0.1, -0.05) is 30.3 Å². The van der Waals surface area contributed by atoms with Gasteiger partial charge < -0.3 is 14.9 Å². The Balaban J connectivity index is 1.76. The molecule has 150 valence electrons. The van der Waals surface area contributed by atoms with Crippen molar-refractivity contribution in [3.05, 3.63) is 47.8 Å². The van der Waals surface area contributed by atoms with E-state index in [0.29, 0.717) is 35.6 Å². The summed E-state index contributed by atoms with van der Waals surface area (Å²) in [5.74, 6) is 1.01. The van der Waals surface area contributed by atoms with E-state index in [-0.39, 0.29) is 12.5 Å². The van der Waals surface area contributed by atoms with Crippen LogP contribution in [0.5, 0.6) is 0 Å². The second-order valence-corrected chi connectivity index (χ2v) is 7.76. The van der Waals surface area contributed by atoms with Gasteiger partial charge in [-0.2, -0.15) is 0 Å². The number of carbonyl (C=O) groups is 1. The summed E-state index contributed by atoms with van der Waals surface area (Å²) in [6, 6.07) is 10.2. The van der Waals surface area contributed by atoms with Crippen LogP contribution in [0.1, 0.15) is 35.3 Å². The maximum absolute atomic E-state index is 13.1. The lowest BCUT2D eigenvalue weighted by molar-refractivity contribution is 0.0494. The Kier molecular flexibility index (Phi) is 6.75. The van der Waals surface area contributed by atoms with Gasteiger partial charge in [0, 0.05) is 37.5 Å². The molecule has 2 atom stereocenters. The Bertz CT molecular complexity index is 794. The Morgan fingerprint density at radius 3 is 2.68 bits per heavy atom. The van der Waals surface area contributed by atoms with E-state index in [1.807, 2.05) is 42.2 Å². The number of aliphatic hydroxyl groups excluding tert-OH is 1. The van der Waals surface area contributed by atoms with Crippen LogP contribution < -0.4 is 0 Å². The summed E-state index contributed by atoms with van der Waals surface area (Å²) in [7, 11) is 4.18. The second kappa shape index (κ2) is 9.26. The van der Waals surface area contributed by atoms with Crippen LogP contribution in [-0.2, 0) is 0 Å². The lowest BCUT2D eigenvalue weighted by atomic mass is 9.87. The van der Waals surface area contributed by atoms with E-state index in [1.165, 1.54) is 0 Å². The number of aryl methyl sites for hydroxylation is 1. The number of nitrogens with zero attached hydrogens (tertiary/aromatic N) is 4. The van der Waals surface area contributed by atoms with Crippen LogP contribution in [0.3, 0.4) is 0 Å². The predicted molar refractivity (Wildman–Crippen MR) is 110 cm³/mol. The molecule has 2 heterocycles. The molecule has 1 saturated heterocycles. The number of likely N-dealkylation sites (tertiary alicyclic amines) is 1. The molecule has 6 heteroatoms. The summed E-state index contributed by atoms with van der Waals surface area (Å²) in [6.07, 6.45) is 4.29. The van der Waals surface area contributed by atoms with Crippen LogP contribution in [-0.4, -0.2) is 70.6 Å². The molecule has 0 aliphatic carbocycles. The summed E-state index contributed by atoms with van der Waals surface area (Å²) in [5.41, 5.74) is 2.23. The number of rotatable bonds is 6. The van der Waals surface area contributed by atoms with E-state index < -0.39 is 0 Å². The summed E-state index contributed by atoms with van der Waals surface area (Å²) in [5, 5.41) is 9.22.